The van der Waals surface area contributed by atoms with Crippen LogP contribution in [0, 0.1) is 5.92 Å². The third kappa shape index (κ3) is 2.03. The van der Waals surface area contributed by atoms with E-state index in [1.165, 1.54) is 57.9 Å². The van der Waals surface area contributed by atoms with Gasteiger partial charge in [-0.3, -0.25) is 0 Å². The molecule has 0 spiro atoms. The molecule has 0 radical (unpaired) electrons. The Morgan fingerprint density at radius 1 is 1.05 bits per heavy atom. The lowest BCUT2D eigenvalue weighted by Gasteiger charge is -2.49. The average molecular weight is 255 g/mol. The molecule has 0 heterocycles. The maximum absolute atomic E-state index is 3.86. The van der Waals surface area contributed by atoms with Gasteiger partial charge in [-0.1, -0.05) is 30.7 Å². The summed E-state index contributed by atoms with van der Waals surface area (Å²) in [7, 11) is 0. The minimum Gasteiger partial charge on any atom is -0.313 e. The third-order valence-corrected chi connectivity index (χ3v) is 5.79. The van der Waals surface area contributed by atoms with Gasteiger partial charge in [0.25, 0.3) is 0 Å². The zero-order chi connectivity index (χ0) is 12.7. The van der Waals surface area contributed by atoms with Gasteiger partial charge >= 0.3 is 0 Å². The molecule has 2 fully saturated rings. The second-order valence-corrected chi connectivity index (χ2v) is 6.95. The highest BCUT2D eigenvalue weighted by molar-refractivity contribution is 5.38. The van der Waals surface area contributed by atoms with Crippen LogP contribution in [0.2, 0.25) is 0 Å². The number of benzene rings is 1. The van der Waals surface area contributed by atoms with Gasteiger partial charge in [0.05, 0.1) is 0 Å². The largest absolute Gasteiger partial charge is 0.313 e. The molecule has 0 bridgehead atoms. The van der Waals surface area contributed by atoms with E-state index in [-0.39, 0.29) is 0 Å². The number of hydrogen-bond donors (Lipinski definition) is 1. The fourth-order valence-electron chi connectivity index (χ4n) is 4.28. The van der Waals surface area contributed by atoms with E-state index in [9.17, 15) is 0 Å². The molecule has 0 aliphatic heterocycles. The van der Waals surface area contributed by atoms with Crippen LogP contribution in [-0.2, 0) is 11.8 Å². The SMILES string of the molecule is c1ccc2c(c1)CCCC2(CNC1CC1)C1CCC1. The lowest BCUT2D eigenvalue weighted by molar-refractivity contribution is 0.137. The topological polar surface area (TPSA) is 12.0 Å². The standard InChI is InChI=1S/C18H25N/c1-2-9-17-14(5-1)6-4-12-18(17,15-7-3-8-15)13-19-16-10-11-16/h1-2,5,9,15-16,19H,3-4,6-8,10-13H2. The second kappa shape index (κ2) is 4.63. The highest BCUT2D eigenvalue weighted by Gasteiger charge is 2.45. The van der Waals surface area contributed by atoms with Crippen molar-refractivity contribution in [1.29, 1.82) is 0 Å². The molecule has 1 heteroatoms. The van der Waals surface area contributed by atoms with Crippen molar-refractivity contribution in [1.82, 2.24) is 5.32 Å². The molecule has 4 rings (SSSR count). The molecule has 0 amide bonds. The Labute approximate surface area is 116 Å². The Hall–Kier alpha value is -0.820. The van der Waals surface area contributed by atoms with Crippen molar-refractivity contribution in [3.63, 3.8) is 0 Å². The van der Waals surface area contributed by atoms with Crippen molar-refractivity contribution >= 4 is 0 Å². The van der Waals surface area contributed by atoms with Crippen molar-refractivity contribution in [2.24, 2.45) is 5.92 Å². The molecule has 1 nitrogen and oxygen atoms in total. The van der Waals surface area contributed by atoms with Gasteiger partial charge in [-0.15, -0.1) is 0 Å². The van der Waals surface area contributed by atoms with Crippen LogP contribution in [0.15, 0.2) is 24.3 Å². The summed E-state index contributed by atoms with van der Waals surface area (Å²) in [6, 6.07) is 10.1. The van der Waals surface area contributed by atoms with E-state index in [0.717, 1.165) is 12.0 Å². The average Bonchev–Trinajstić information content (AvgIpc) is 3.19. The normalized spacial score (nSPS) is 30.7. The minimum atomic E-state index is 0.468. The van der Waals surface area contributed by atoms with Crippen molar-refractivity contribution in [2.75, 3.05) is 6.54 Å². The monoisotopic (exact) mass is 255 g/mol. The van der Waals surface area contributed by atoms with Gasteiger partial charge in [-0.25, -0.2) is 0 Å². The van der Waals surface area contributed by atoms with Crippen LogP contribution in [-0.4, -0.2) is 12.6 Å². The summed E-state index contributed by atoms with van der Waals surface area (Å²) in [5, 5.41) is 3.86. The van der Waals surface area contributed by atoms with Crippen LogP contribution < -0.4 is 5.32 Å². The smallest absolute Gasteiger partial charge is 0.0109 e. The summed E-state index contributed by atoms with van der Waals surface area (Å²) < 4.78 is 0. The second-order valence-electron chi connectivity index (χ2n) is 6.95. The molecule has 3 aliphatic rings. The number of nitrogens with one attached hydrogen (secondary N) is 1. The highest BCUT2D eigenvalue weighted by Crippen LogP contribution is 2.50. The van der Waals surface area contributed by atoms with Crippen LogP contribution in [0.5, 0.6) is 0 Å². The quantitative estimate of drug-likeness (QED) is 0.862. The van der Waals surface area contributed by atoms with E-state index in [2.05, 4.69) is 29.6 Å². The number of rotatable bonds is 4. The van der Waals surface area contributed by atoms with E-state index in [1.54, 1.807) is 11.1 Å². The summed E-state index contributed by atoms with van der Waals surface area (Å²) in [6.07, 6.45) is 11.3. The first-order valence-electron chi connectivity index (χ1n) is 8.20. The Kier molecular flexibility index (Phi) is 2.91. The molecule has 19 heavy (non-hydrogen) atoms. The molecule has 0 saturated heterocycles. The molecule has 1 aromatic rings. The van der Waals surface area contributed by atoms with Crippen molar-refractivity contribution < 1.29 is 0 Å². The van der Waals surface area contributed by atoms with Crippen LogP contribution in [0.25, 0.3) is 0 Å². The fraction of sp³-hybridized carbons (Fsp3) is 0.667. The molecular formula is C18H25N. The van der Waals surface area contributed by atoms with Gasteiger partial charge < -0.3 is 5.32 Å². The van der Waals surface area contributed by atoms with E-state index in [0.29, 0.717) is 5.41 Å². The van der Waals surface area contributed by atoms with Gasteiger partial charge in [-0.2, -0.15) is 0 Å². The van der Waals surface area contributed by atoms with Gasteiger partial charge in [-0.05, 0) is 62.0 Å². The van der Waals surface area contributed by atoms with Crippen LogP contribution in [0.4, 0.5) is 0 Å². The predicted molar refractivity (Wildman–Crippen MR) is 79.4 cm³/mol. The molecule has 1 unspecified atom stereocenters. The Morgan fingerprint density at radius 2 is 1.89 bits per heavy atom. The number of hydrogen-bond acceptors (Lipinski definition) is 1. The van der Waals surface area contributed by atoms with E-state index in [4.69, 9.17) is 0 Å². The number of fused-ring (bicyclic) bond motifs is 1. The van der Waals surface area contributed by atoms with Gasteiger partial charge in [0.2, 0.25) is 0 Å². The van der Waals surface area contributed by atoms with Crippen LogP contribution in [0.3, 0.4) is 0 Å². The fourth-order valence-corrected chi connectivity index (χ4v) is 4.28. The molecule has 2 saturated carbocycles. The minimum absolute atomic E-state index is 0.468. The predicted octanol–water partition coefficient (Wildman–Crippen LogP) is 3.81. The molecule has 0 aromatic heterocycles. The summed E-state index contributed by atoms with van der Waals surface area (Å²) >= 11 is 0. The number of aryl methyl sites for hydroxylation is 1. The van der Waals surface area contributed by atoms with E-state index < -0.39 is 0 Å². The van der Waals surface area contributed by atoms with Crippen molar-refractivity contribution in [3.8, 4) is 0 Å². The van der Waals surface area contributed by atoms with Gasteiger partial charge in [0.15, 0.2) is 0 Å². The van der Waals surface area contributed by atoms with Gasteiger partial charge in [0.1, 0.15) is 0 Å². The van der Waals surface area contributed by atoms with E-state index in [1.807, 2.05) is 0 Å². The third-order valence-electron chi connectivity index (χ3n) is 5.79. The van der Waals surface area contributed by atoms with Gasteiger partial charge in [0, 0.05) is 18.0 Å². The van der Waals surface area contributed by atoms with E-state index >= 15 is 0 Å². The lowest BCUT2D eigenvalue weighted by Crippen LogP contribution is -2.49. The first-order valence-corrected chi connectivity index (χ1v) is 8.20. The van der Waals surface area contributed by atoms with Crippen LogP contribution >= 0.6 is 0 Å². The summed E-state index contributed by atoms with van der Waals surface area (Å²) in [5.41, 5.74) is 3.80. The van der Waals surface area contributed by atoms with Crippen molar-refractivity contribution in [3.05, 3.63) is 35.4 Å². The first kappa shape index (κ1) is 12.0. The van der Waals surface area contributed by atoms with Crippen LogP contribution in [0.1, 0.15) is 56.1 Å². The molecule has 1 aromatic carbocycles. The molecule has 1 N–H and O–H groups in total. The maximum atomic E-state index is 3.86. The van der Waals surface area contributed by atoms with Crippen molar-refractivity contribution in [2.45, 2.75) is 62.8 Å². The highest BCUT2D eigenvalue weighted by atomic mass is 15.0. The molecule has 1 atom stereocenters. The summed E-state index contributed by atoms with van der Waals surface area (Å²) in [6.45, 7) is 1.24. The summed E-state index contributed by atoms with van der Waals surface area (Å²) in [5.74, 6) is 0.945. The Bertz CT molecular complexity index is 459. The Morgan fingerprint density at radius 3 is 2.63 bits per heavy atom. The molecule has 102 valence electrons. The molecule has 3 aliphatic carbocycles. The first-order chi connectivity index (χ1) is 9.38. The Balaban J connectivity index is 1.68. The zero-order valence-corrected chi connectivity index (χ0v) is 11.8. The zero-order valence-electron chi connectivity index (χ0n) is 11.8. The molecular weight excluding hydrogens is 230 g/mol. The summed E-state index contributed by atoms with van der Waals surface area (Å²) in [4.78, 5) is 0. The lowest BCUT2D eigenvalue weighted by atomic mass is 9.57. The maximum Gasteiger partial charge on any atom is 0.0109 e.